The van der Waals surface area contributed by atoms with E-state index >= 15 is 0 Å². The zero-order valence-corrected chi connectivity index (χ0v) is 13.5. The topological polar surface area (TPSA) is 37.6 Å². The van der Waals surface area contributed by atoms with Crippen LogP contribution in [0.25, 0.3) is 0 Å². The molecular weight excluding hydrogens is 276 g/mol. The molecule has 120 valence electrons. The third-order valence-corrected chi connectivity index (χ3v) is 3.64. The molecule has 1 aromatic carbocycles. The lowest BCUT2D eigenvalue weighted by Gasteiger charge is -2.24. The molecule has 0 fully saturated rings. The average molecular weight is 302 g/mol. The average Bonchev–Trinajstić information content (AvgIpc) is 2.92. The van der Waals surface area contributed by atoms with Crippen molar-refractivity contribution < 1.29 is 9.84 Å². The van der Waals surface area contributed by atoms with E-state index in [2.05, 4.69) is 52.1 Å². The van der Waals surface area contributed by atoms with Gasteiger partial charge in [0.1, 0.15) is 0 Å². The molecule has 4 nitrogen and oxygen atoms in total. The zero-order chi connectivity index (χ0) is 15.8. The molecular formula is C18H26N2O2. The van der Waals surface area contributed by atoms with Gasteiger partial charge in [-0.05, 0) is 24.6 Å². The van der Waals surface area contributed by atoms with E-state index in [1.807, 2.05) is 13.0 Å². The minimum Gasteiger partial charge on any atom is -0.392 e. The molecule has 0 spiro atoms. The normalized spacial score (nSPS) is 12.7. The highest BCUT2D eigenvalue weighted by atomic mass is 16.5. The van der Waals surface area contributed by atoms with Gasteiger partial charge in [-0.15, -0.1) is 0 Å². The summed E-state index contributed by atoms with van der Waals surface area (Å²) >= 11 is 0. The number of hydrogen-bond acceptors (Lipinski definition) is 3. The first-order chi connectivity index (χ1) is 10.7. The van der Waals surface area contributed by atoms with Gasteiger partial charge in [-0.25, -0.2) is 0 Å². The second-order valence-corrected chi connectivity index (χ2v) is 5.69. The van der Waals surface area contributed by atoms with E-state index in [0.717, 1.165) is 19.6 Å². The predicted octanol–water partition coefficient (Wildman–Crippen LogP) is 2.37. The molecule has 1 aromatic heterocycles. The lowest BCUT2D eigenvalue weighted by Crippen LogP contribution is -2.34. The maximum Gasteiger partial charge on any atom is 0.0639 e. The number of aliphatic hydroxyl groups is 1. The smallest absolute Gasteiger partial charge is 0.0639 e. The van der Waals surface area contributed by atoms with Crippen LogP contribution < -0.4 is 0 Å². The first kappa shape index (κ1) is 16.7. The van der Waals surface area contributed by atoms with Crippen LogP contribution in [0.2, 0.25) is 0 Å². The molecule has 0 radical (unpaired) electrons. The van der Waals surface area contributed by atoms with E-state index in [1.54, 1.807) is 7.11 Å². The van der Waals surface area contributed by atoms with Gasteiger partial charge in [0.2, 0.25) is 0 Å². The molecule has 0 saturated carbocycles. The molecule has 1 heterocycles. The van der Waals surface area contributed by atoms with Crippen molar-refractivity contribution in [2.45, 2.75) is 26.1 Å². The minimum absolute atomic E-state index is 0.339. The van der Waals surface area contributed by atoms with Crippen LogP contribution in [-0.2, 0) is 17.8 Å². The lowest BCUT2D eigenvalue weighted by atomic mass is 10.2. The standard InChI is InChI=1S/C18H26N2O2/c1-16(21)13-19(11-12-22-2)15-18-9-6-10-20(18)14-17-7-4-3-5-8-17/h3-10,16,21H,11-15H2,1-2H3. The molecule has 2 rings (SSSR count). The number of hydrogen-bond donors (Lipinski definition) is 1. The molecule has 0 amide bonds. The van der Waals surface area contributed by atoms with Gasteiger partial charge in [-0.2, -0.15) is 0 Å². The van der Waals surface area contributed by atoms with Crippen LogP contribution in [0.3, 0.4) is 0 Å². The molecule has 1 unspecified atom stereocenters. The summed E-state index contributed by atoms with van der Waals surface area (Å²) in [7, 11) is 1.71. The zero-order valence-electron chi connectivity index (χ0n) is 13.5. The van der Waals surface area contributed by atoms with Crippen molar-refractivity contribution in [3.8, 4) is 0 Å². The fraction of sp³-hybridized carbons (Fsp3) is 0.444. The third kappa shape index (κ3) is 5.30. The van der Waals surface area contributed by atoms with E-state index in [9.17, 15) is 5.11 Å². The Hall–Kier alpha value is -1.62. The van der Waals surface area contributed by atoms with E-state index < -0.39 is 0 Å². The maximum atomic E-state index is 9.67. The van der Waals surface area contributed by atoms with E-state index in [0.29, 0.717) is 13.2 Å². The fourth-order valence-electron chi connectivity index (χ4n) is 2.59. The largest absolute Gasteiger partial charge is 0.392 e. The first-order valence-corrected chi connectivity index (χ1v) is 7.76. The number of aromatic nitrogens is 1. The Balaban J connectivity index is 2.03. The van der Waals surface area contributed by atoms with Gasteiger partial charge >= 0.3 is 0 Å². The summed E-state index contributed by atoms with van der Waals surface area (Å²) in [6, 6.07) is 14.7. The Kier molecular flexibility index (Phi) is 6.65. The van der Waals surface area contributed by atoms with Crippen LogP contribution in [0.5, 0.6) is 0 Å². The van der Waals surface area contributed by atoms with E-state index in [-0.39, 0.29) is 6.10 Å². The van der Waals surface area contributed by atoms with Gasteiger partial charge in [0.05, 0.1) is 12.7 Å². The Morgan fingerprint density at radius 2 is 1.95 bits per heavy atom. The number of methoxy groups -OCH3 is 1. The van der Waals surface area contributed by atoms with Crippen molar-refractivity contribution >= 4 is 0 Å². The Bertz CT molecular complexity index is 537. The van der Waals surface area contributed by atoms with Crippen LogP contribution in [-0.4, -0.2) is 47.5 Å². The fourth-order valence-corrected chi connectivity index (χ4v) is 2.59. The summed E-state index contributed by atoms with van der Waals surface area (Å²) in [5.74, 6) is 0. The van der Waals surface area contributed by atoms with Gasteiger partial charge < -0.3 is 14.4 Å². The molecule has 4 heteroatoms. The van der Waals surface area contributed by atoms with E-state index in [1.165, 1.54) is 11.3 Å². The number of benzene rings is 1. The van der Waals surface area contributed by atoms with E-state index in [4.69, 9.17) is 4.74 Å². The van der Waals surface area contributed by atoms with Crippen molar-refractivity contribution in [3.05, 3.63) is 59.9 Å². The molecule has 0 bridgehead atoms. The summed E-state index contributed by atoms with van der Waals surface area (Å²) in [4.78, 5) is 2.23. The summed E-state index contributed by atoms with van der Waals surface area (Å²) in [5.41, 5.74) is 2.54. The Labute approximate surface area is 132 Å². The molecule has 1 N–H and O–H groups in total. The summed E-state index contributed by atoms with van der Waals surface area (Å²) in [6.45, 7) is 5.65. The Morgan fingerprint density at radius 1 is 1.18 bits per heavy atom. The monoisotopic (exact) mass is 302 g/mol. The van der Waals surface area contributed by atoms with Crippen molar-refractivity contribution in [3.63, 3.8) is 0 Å². The van der Waals surface area contributed by atoms with Crippen LogP contribution in [0, 0.1) is 0 Å². The molecule has 0 aliphatic rings. The molecule has 2 aromatic rings. The van der Waals surface area contributed by atoms with Crippen LogP contribution in [0.1, 0.15) is 18.2 Å². The quantitative estimate of drug-likeness (QED) is 0.773. The minimum atomic E-state index is -0.339. The Morgan fingerprint density at radius 3 is 2.64 bits per heavy atom. The molecule has 0 saturated heterocycles. The van der Waals surface area contributed by atoms with Crippen molar-refractivity contribution in [2.75, 3.05) is 26.8 Å². The second-order valence-electron chi connectivity index (χ2n) is 5.69. The van der Waals surface area contributed by atoms with Crippen molar-refractivity contribution in [1.82, 2.24) is 9.47 Å². The van der Waals surface area contributed by atoms with Gasteiger partial charge in [0.15, 0.2) is 0 Å². The lowest BCUT2D eigenvalue weighted by molar-refractivity contribution is 0.0926. The highest BCUT2D eigenvalue weighted by molar-refractivity contribution is 5.17. The second kappa shape index (κ2) is 8.73. The number of aliphatic hydroxyl groups excluding tert-OH is 1. The summed E-state index contributed by atoms with van der Waals surface area (Å²) < 4.78 is 7.43. The molecule has 0 aliphatic carbocycles. The van der Waals surface area contributed by atoms with Gasteiger partial charge in [-0.3, -0.25) is 4.90 Å². The number of nitrogens with zero attached hydrogens (tertiary/aromatic N) is 2. The number of ether oxygens (including phenoxy) is 1. The SMILES string of the molecule is COCCN(Cc1cccn1Cc1ccccc1)CC(C)O. The first-order valence-electron chi connectivity index (χ1n) is 7.76. The highest BCUT2D eigenvalue weighted by Crippen LogP contribution is 2.11. The third-order valence-electron chi connectivity index (χ3n) is 3.64. The van der Waals surface area contributed by atoms with Gasteiger partial charge in [-0.1, -0.05) is 30.3 Å². The van der Waals surface area contributed by atoms with Crippen molar-refractivity contribution in [1.29, 1.82) is 0 Å². The van der Waals surface area contributed by atoms with Gasteiger partial charge in [0, 0.05) is 45.2 Å². The predicted molar refractivity (Wildman–Crippen MR) is 88.8 cm³/mol. The van der Waals surface area contributed by atoms with Crippen LogP contribution in [0.4, 0.5) is 0 Å². The van der Waals surface area contributed by atoms with Gasteiger partial charge in [0.25, 0.3) is 0 Å². The number of rotatable bonds is 9. The summed E-state index contributed by atoms with van der Waals surface area (Å²) in [5, 5.41) is 9.67. The maximum absolute atomic E-state index is 9.67. The molecule has 22 heavy (non-hydrogen) atoms. The highest BCUT2D eigenvalue weighted by Gasteiger charge is 2.11. The molecule has 0 aliphatic heterocycles. The van der Waals surface area contributed by atoms with Crippen LogP contribution in [0.15, 0.2) is 48.7 Å². The van der Waals surface area contributed by atoms with Crippen LogP contribution >= 0.6 is 0 Å². The van der Waals surface area contributed by atoms with Crippen molar-refractivity contribution in [2.24, 2.45) is 0 Å². The molecule has 1 atom stereocenters. The summed E-state index contributed by atoms with van der Waals surface area (Å²) in [6.07, 6.45) is 1.77.